The van der Waals surface area contributed by atoms with Crippen LogP contribution in [0.15, 0.2) is 54.6 Å². The molecule has 2 aromatic rings. The molecule has 0 bridgehead atoms. The number of halogens is 1. The highest BCUT2D eigenvalue weighted by Crippen LogP contribution is 2.31. The summed E-state index contributed by atoms with van der Waals surface area (Å²) in [6.07, 6.45) is 0.700. The largest absolute Gasteiger partial charge is 0.495 e. The topological polar surface area (TPSA) is 84.7 Å². The second kappa shape index (κ2) is 9.39. The Labute approximate surface area is 165 Å². The molecule has 1 heterocycles. The lowest BCUT2D eigenvalue weighted by atomic mass is 10.0. The van der Waals surface area contributed by atoms with Crippen molar-refractivity contribution in [3.63, 3.8) is 0 Å². The van der Waals surface area contributed by atoms with Crippen molar-refractivity contribution in [2.45, 2.75) is 24.9 Å². The highest BCUT2D eigenvalue weighted by atomic mass is 35.5. The number of rotatable bonds is 6. The molecule has 3 N–H and O–H groups in total. The summed E-state index contributed by atoms with van der Waals surface area (Å²) in [5, 5.41) is 2.82. The second-order valence-electron chi connectivity index (χ2n) is 6.29. The molecule has 2 aromatic carbocycles. The molecule has 0 aromatic heterocycles. The van der Waals surface area contributed by atoms with Crippen LogP contribution in [-0.4, -0.2) is 31.5 Å². The third kappa shape index (κ3) is 4.78. The smallest absolute Gasteiger partial charge is 0.249 e. The molecule has 7 heteroatoms. The molecule has 2 unspecified atom stereocenters. The average molecular weight is 390 g/mol. The number of nitrogens with one attached hydrogen (secondary N) is 1. The van der Waals surface area contributed by atoms with Gasteiger partial charge >= 0.3 is 0 Å². The minimum absolute atomic E-state index is 0. The van der Waals surface area contributed by atoms with Gasteiger partial charge in [0, 0.05) is 19.0 Å². The van der Waals surface area contributed by atoms with E-state index in [4.69, 9.17) is 10.5 Å². The third-order valence-electron chi connectivity index (χ3n) is 4.55. The van der Waals surface area contributed by atoms with E-state index in [1.807, 2.05) is 54.6 Å². The number of anilines is 1. The van der Waals surface area contributed by atoms with Crippen LogP contribution in [-0.2, 0) is 9.59 Å². The molecule has 3 rings (SSSR count). The van der Waals surface area contributed by atoms with E-state index < -0.39 is 12.1 Å². The number of benzene rings is 2. The molecule has 0 saturated carbocycles. The number of carbonyl (C=O) groups is 2. The molecule has 6 nitrogen and oxygen atoms in total. The van der Waals surface area contributed by atoms with Gasteiger partial charge in [-0.15, -0.1) is 12.4 Å². The van der Waals surface area contributed by atoms with E-state index in [-0.39, 0.29) is 30.6 Å². The lowest BCUT2D eigenvalue weighted by molar-refractivity contribution is -0.126. The summed E-state index contributed by atoms with van der Waals surface area (Å²) in [6.45, 7) is 0.537. The highest BCUT2D eigenvalue weighted by Gasteiger charge is 2.34. The van der Waals surface area contributed by atoms with E-state index in [9.17, 15) is 9.59 Å². The Kier molecular flexibility index (Phi) is 7.21. The van der Waals surface area contributed by atoms with Crippen LogP contribution < -0.4 is 20.7 Å². The Morgan fingerprint density at radius 1 is 1.22 bits per heavy atom. The van der Waals surface area contributed by atoms with Gasteiger partial charge in [-0.05, 0) is 24.1 Å². The first-order chi connectivity index (χ1) is 12.6. The average Bonchev–Trinajstić information content (AvgIpc) is 3.02. The molecular formula is C20H24ClN3O3. The molecule has 0 spiro atoms. The molecule has 0 radical (unpaired) electrons. The van der Waals surface area contributed by atoms with Crippen molar-refractivity contribution in [2.75, 3.05) is 18.6 Å². The Morgan fingerprint density at radius 2 is 1.89 bits per heavy atom. The highest BCUT2D eigenvalue weighted by molar-refractivity contribution is 6.02. The molecule has 1 aliphatic rings. The molecular weight excluding hydrogens is 366 g/mol. The molecule has 27 heavy (non-hydrogen) atoms. The van der Waals surface area contributed by atoms with Crippen LogP contribution in [0.4, 0.5) is 5.69 Å². The van der Waals surface area contributed by atoms with Gasteiger partial charge in [-0.3, -0.25) is 9.59 Å². The molecule has 1 saturated heterocycles. The molecule has 1 aliphatic heterocycles. The SMILES string of the molecule is COc1ccccc1N1CCC(NC(=O)CC(N)c2ccccc2)C1=O.Cl. The van der Waals surface area contributed by atoms with Crippen molar-refractivity contribution in [3.8, 4) is 5.75 Å². The summed E-state index contributed by atoms with van der Waals surface area (Å²) >= 11 is 0. The van der Waals surface area contributed by atoms with Crippen LogP contribution in [0, 0.1) is 0 Å². The zero-order valence-corrected chi connectivity index (χ0v) is 15.9. The minimum Gasteiger partial charge on any atom is -0.495 e. The van der Waals surface area contributed by atoms with Gasteiger partial charge in [0.2, 0.25) is 11.8 Å². The summed E-state index contributed by atoms with van der Waals surface area (Å²) in [5.74, 6) is 0.289. The first-order valence-corrected chi connectivity index (χ1v) is 8.64. The number of nitrogens with zero attached hydrogens (tertiary/aromatic N) is 1. The summed E-state index contributed by atoms with van der Waals surface area (Å²) < 4.78 is 5.33. The number of carbonyl (C=O) groups excluding carboxylic acids is 2. The van der Waals surface area contributed by atoms with Crippen LogP contribution in [0.5, 0.6) is 5.75 Å². The Balaban J connectivity index is 0.00000261. The predicted octanol–water partition coefficient (Wildman–Crippen LogP) is 2.43. The van der Waals surface area contributed by atoms with Crippen LogP contribution in [0.3, 0.4) is 0 Å². The third-order valence-corrected chi connectivity index (χ3v) is 4.55. The summed E-state index contributed by atoms with van der Waals surface area (Å²) in [6, 6.07) is 15.9. The fourth-order valence-corrected chi connectivity index (χ4v) is 3.18. The Morgan fingerprint density at radius 3 is 2.59 bits per heavy atom. The van der Waals surface area contributed by atoms with Crippen molar-refractivity contribution in [1.29, 1.82) is 0 Å². The molecule has 144 valence electrons. The number of hydrogen-bond donors (Lipinski definition) is 2. The first kappa shape index (κ1) is 20.7. The standard InChI is InChI=1S/C20H23N3O3.ClH/c1-26-18-10-6-5-9-17(18)23-12-11-16(20(23)25)22-19(24)13-15(21)14-7-3-2-4-8-14;/h2-10,15-16H,11-13,21H2,1H3,(H,22,24);1H. The van der Waals surface area contributed by atoms with Crippen molar-refractivity contribution in [2.24, 2.45) is 5.73 Å². The van der Waals surface area contributed by atoms with Gasteiger partial charge in [0.05, 0.1) is 12.8 Å². The summed E-state index contributed by atoms with van der Waals surface area (Å²) in [5.41, 5.74) is 7.71. The van der Waals surface area contributed by atoms with E-state index in [1.165, 1.54) is 0 Å². The monoisotopic (exact) mass is 389 g/mol. The lowest BCUT2D eigenvalue weighted by Gasteiger charge is -2.20. The van der Waals surface area contributed by atoms with Gasteiger partial charge in [0.1, 0.15) is 11.8 Å². The quantitative estimate of drug-likeness (QED) is 0.794. The van der Waals surface area contributed by atoms with Crippen LogP contribution >= 0.6 is 12.4 Å². The maximum Gasteiger partial charge on any atom is 0.249 e. The van der Waals surface area contributed by atoms with Gasteiger partial charge in [0.15, 0.2) is 0 Å². The van der Waals surface area contributed by atoms with E-state index >= 15 is 0 Å². The lowest BCUT2D eigenvalue weighted by Crippen LogP contribution is -2.42. The molecule has 0 aliphatic carbocycles. The maximum absolute atomic E-state index is 12.7. The van der Waals surface area contributed by atoms with Crippen LogP contribution in [0.2, 0.25) is 0 Å². The van der Waals surface area contributed by atoms with Gasteiger partial charge in [-0.1, -0.05) is 42.5 Å². The number of ether oxygens (including phenoxy) is 1. The number of methoxy groups -OCH3 is 1. The number of nitrogens with two attached hydrogens (primary N) is 1. The molecule has 1 fully saturated rings. The van der Waals surface area contributed by atoms with Crippen LogP contribution in [0.25, 0.3) is 0 Å². The van der Waals surface area contributed by atoms with Crippen molar-refractivity contribution in [1.82, 2.24) is 5.32 Å². The summed E-state index contributed by atoms with van der Waals surface area (Å²) in [4.78, 5) is 26.7. The first-order valence-electron chi connectivity index (χ1n) is 8.64. The second-order valence-corrected chi connectivity index (χ2v) is 6.29. The van der Waals surface area contributed by atoms with Crippen molar-refractivity contribution in [3.05, 3.63) is 60.2 Å². The van der Waals surface area contributed by atoms with E-state index in [1.54, 1.807) is 12.0 Å². The van der Waals surface area contributed by atoms with E-state index in [2.05, 4.69) is 5.32 Å². The molecule has 2 amide bonds. The van der Waals surface area contributed by atoms with E-state index in [0.717, 1.165) is 11.3 Å². The Hall–Kier alpha value is -2.57. The minimum atomic E-state index is -0.532. The predicted molar refractivity (Wildman–Crippen MR) is 107 cm³/mol. The Bertz CT molecular complexity index is 785. The van der Waals surface area contributed by atoms with Gasteiger partial charge in [-0.2, -0.15) is 0 Å². The maximum atomic E-state index is 12.7. The van der Waals surface area contributed by atoms with Gasteiger partial charge < -0.3 is 20.7 Å². The fourth-order valence-electron chi connectivity index (χ4n) is 3.18. The van der Waals surface area contributed by atoms with Crippen molar-refractivity contribution < 1.29 is 14.3 Å². The zero-order valence-electron chi connectivity index (χ0n) is 15.1. The van der Waals surface area contributed by atoms with Gasteiger partial charge in [0.25, 0.3) is 0 Å². The molecule has 2 atom stereocenters. The number of amides is 2. The normalized spacial score (nSPS) is 17.2. The van der Waals surface area contributed by atoms with Crippen molar-refractivity contribution >= 4 is 29.9 Å². The zero-order chi connectivity index (χ0) is 18.5. The van der Waals surface area contributed by atoms with Crippen LogP contribution in [0.1, 0.15) is 24.4 Å². The number of para-hydroxylation sites is 2. The van der Waals surface area contributed by atoms with E-state index in [0.29, 0.717) is 18.7 Å². The van der Waals surface area contributed by atoms with Gasteiger partial charge in [-0.25, -0.2) is 0 Å². The fraction of sp³-hybridized carbons (Fsp3) is 0.300. The summed E-state index contributed by atoms with van der Waals surface area (Å²) in [7, 11) is 1.57. The number of hydrogen-bond acceptors (Lipinski definition) is 4.